The van der Waals surface area contributed by atoms with Gasteiger partial charge >= 0.3 is 0 Å². The van der Waals surface area contributed by atoms with Crippen molar-refractivity contribution in [2.45, 2.75) is 0 Å². The smallest absolute Gasteiger partial charge is 0.272 e. The largest absolute Gasteiger partial charge is 0.496 e. The molecule has 0 bridgehead atoms. The molecule has 0 heterocycles. The van der Waals surface area contributed by atoms with Gasteiger partial charge in [-0.05, 0) is 42.0 Å². The second kappa shape index (κ2) is 11.7. The van der Waals surface area contributed by atoms with E-state index in [9.17, 15) is 19.7 Å². The summed E-state index contributed by atoms with van der Waals surface area (Å²) in [5.74, 6) is -0.278. The Morgan fingerprint density at radius 1 is 0.917 bits per heavy atom. The van der Waals surface area contributed by atoms with Gasteiger partial charge in [0.2, 0.25) is 0 Å². The summed E-state index contributed by atoms with van der Waals surface area (Å²) < 4.78 is 15.7. The summed E-state index contributed by atoms with van der Waals surface area (Å²) in [5, 5.41) is 16.7. The highest BCUT2D eigenvalue weighted by Crippen LogP contribution is 2.30. The van der Waals surface area contributed by atoms with E-state index in [1.807, 2.05) is 0 Å². The summed E-state index contributed by atoms with van der Waals surface area (Å²) in [7, 11) is 4.33. The van der Waals surface area contributed by atoms with E-state index >= 15 is 0 Å². The molecule has 0 radical (unpaired) electrons. The van der Waals surface area contributed by atoms with Crippen LogP contribution in [0.1, 0.15) is 15.9 Å². The first-order valence-corrected chi connectivity index (χ1v) is 10.8. The lowest BCUT2D eigenvalue weighted by molar-refractivity contribution is -0.384. The van der Waals surface area contributed by atoms with E-state index < -0.39 is 16.7 Å². The molecule has 0 fully saturated rings. The Morgan fingerprint density at radius 3 is 2.28 bits per heavy atom. The van der Waals surface area contributed by atoms with Gasteiger partial charge in [-0.15, -0.1) is 0 Å². The summed E-state index contributed by atoms with van der Waals surface area (Å²) >= 11 is 6.04. The Morgan fingerprint density at radius 2 is 1.61 bits per heavy atom. The minimum absolute atomic E-state index is 0.0915. The fourth-order valence-electron chi connectivity index (χ4n) is 3.21. The van der Waals surface area contributed by atoms with Crippen molar-refractivity contribution in [1.29, 1.82) is 0 Å². The van der Waals surface area contributed by atoms with Crippen LogP contribution in [0.5, 0.6) is 17.2 Å². The number of anilines is 1. The van der Waals surface area contributed by atoms with E-state index in [0.29, 0.717) is 27.8 Å². The van der Waals surface area contributed by atoms with Gasteiger partial charge < -0.3 is 24.8 Å². The normalized spacial score (nSPS) is 10.8. The van der Waals surface area contributed by atoms with Crippen molar-refractivity contribution in [2.75, 3.05) is 26.6 Å². The zero-order valence-electron chi connectivity index (χ0n) is 19.5. The standard InChI is InChI=1S/C25H22ClN3O7/c1-34-21-9-7-16(26)13-19(21)24(30)28-20(12-15-5-4-6-18(11-15)29(32)33)25(31)27-17-8-10-22(35-2)23(14-17)36-3/h4-14H,1-3H3,(H,27,31)(H,28,30)/b20-12-. The van der Waals surface area contributed by atoms with Crippen LogP contribution in [0.2, 0.25) is 5.02 Å². The van der Waals surface area contributed by atoms with Crippen molar-refractivity contribution >= 4 is 40.9 Å². The lowest BCUT2D eigenvalue weighted by atomic mass is 10.1. The lowest BCUT2D eigenvalue weighted by Gasteiger charge is -2.14. The van der Waals surface area contributed by atoms with Crippen LogP contribution in [-0.4, -0.2) is 38.1 Å². The summed E-state index contributed by atoms with van der Waals surface area (Å²) in [4.78, 5) is 36.9. The number of nitro groups is 1. The molecule has 0 aliphatic rings. The van der Waals surface area contributed by atoms with Crippen LogP contribution >= 0.6 is 11.6 Å². The van der Waals surface area contributed by atoms with E-state index in [2.05, 4.69) is 10.6 Å². The molecule has 11 heteroatoms. The van der Waals surface area contributed by atoms with Gasteiger partial charge in [0.05, 0.1) is 31.8 Å². The predicted octanol–water partition coefficient (Wildman–Crippen LogP) is 4.68. The molecule has 186 valence electrons. The maximum absolute atomic E-state index is 13.2. The molecule has 3 aromatic carbocycles. The van der Waals surface area contributed by atoms with Crippen LogP contribution in [0, 0.1) is 10.1 Å². The number of rotatable bonds is 9. The molecule has 0 aromatic heterocycles. The zero-order chi connectivity index (χ0) is 26.2. The van der Waals surface area contributed by atoms with E-state index in [-0.39, 0.29) is 22.7 Å². The first-order chi connectivity index (χ1) is 17.2. The molecule has 0 saturated heterocycles. The number of nitrogens with one attached hydrogen (secondary N) is 2. The number of benzene rings is 3. The van der Waals surface area contributed by atoms with E-state index in [4.69, 9.17) is 25.8 Å². The zero-order valence-corrected chi connectivity index (χ0v) is 20.3. The predicted molar refractivity (Wildman–Crippen MR) is 135 cm³/mol. The number of hydrogen-bond acceptors (Lipinski definition) is 7. The van der Waals surface area contributed by atoms with Crippen LogP contribution in [0.25, 0.3) is 6.08 Å². The number of amides is 2. The average Bonchev–Trinajstić information content (AvgIpc) is 2.88. The van der Waals surface area contributed by atoms with Gasteiger partial charge in [-0.3, -0.25) is 19.7 Å². The van der Waals surface area contributed by atoms with Crippen LogP contribution in [0.3, 0.4) is 0 Å². The molecule has 0 unspecified atom stereocenters. The third-order valence-electron chi connectivity index (χ3n) is 4.93. The number of nitrogens with zero attached hydrogens (tertiary/aromatic N) is 1. The van der Waals surface area contributed by atoms with Gasteiger partial charge in [0.25, 0.3) is 17.5 Å². The van der Waals surface area contributed by atoms with Crippen LogP contribution in [-0.2, 0) is 4.79 Å². The van der Waals surface area contributed by atoms with Crippen LogP contribution in [0.15, 0.2) is 66.4 Å². The molecule has 0 spiro atoms. The van der Waals surface area contributed by atoms with Gasteiger partial charge in [-0.2, -0.15) is 0 Å². The van der Waals surface area contributed by atoms with Crippen molar-refractivity contribution < 1.29 is 28.7 Å². The maximum atomic E-state index is 13.2. The highest BCUT2D eigenvalue weighted by molar-refractivity contribution is 6.31. The van der Waals surface area contributed by atoms with Crippen LogP contribution in [0.4, 0.5) is 11.4 Å². The maximum Gasteiger partial charge on any atom is 0.272 e. The summed E-state index contributed by atoms with van der Waals surface area (Å²) in [6, 6.07) is 14.8. The van der Waals surface area contributed by atoms with Crippen molar-refractivity contribution in [1.82, 2.24) is 5.32 Å². The molecule has 2 amide bonds. The number of hydrogen-bond donors (Lipinski definition) is 2. The fraction of sp³-hybridized carbons (Fsp3) is 0.120. The molecule has 2 N–H and O–H groups in total. The van der Waals surface area contributed by atoms with Crippen molar-refractivity contribution in [3.63, 3.8) is 0 Å². The van der Waals surface area contributed by atoms with E-state index in [1.54, 1.807) is 30.3 Å². The third kappa shape index (κ3) is 6.30. The molecule has 0 aliphatic carbocycles. The number of ether oxygens (including phenoxy) is 3. The summed E-state index contributed by atoms with van der Waals surface area (Å²) in [6.07, 6.45) is 1.32. The Labute approximate surface area is 211 Å². The second-order valence-electron chi connectivity index (χ2n) is 7.23. The van der Waals surface area contributed by atoms with Gasteiger partial charge in [0, 0.05) is 28.9 Å². The highest BCUT2D eigenvalue weighted by atomic mass is 35.5. The monoisotopic (exact) mass is 511 g/mol. The summed E-state index contributed by atoms with van der Waals surface area (Å²) in [5.41, 5.74) is 0.412. The molecule has 10 nitrogen and oxygen atoms in total. The minimum Gasteiger partial charge on any atom is -0.496 e. The quantitative estimate of drug-likeness (QED) is 0.242. The molecule has 36 heavy (non-hydrogen) atoms. The van der Waals surface area contributed by atoms with Gasteiger partial charge in [-0.1, -0.05) is 23.7 Å². The lowest BCUT2D eigenvalue weighted by Crippen LogP contribution is -2.31. The van der Waals surface area contributed by atoms with Gasteiger partial charge in [0.1, 0.15) is 11.4 Å². The Balaban J connectivity index is 1.99. The number of non-ortho nitro benzene ring substituents is 1. The van der Waals surface area contributed by atoms with E-state index in [1.165, 1.54) is 57.7 Å². The molecule has 3 rings (SSSR count). The second-order valence-corrected chi connectivity index (χ2v) is 7.67. The molecule has 0 saturated carbocycles. The van der Waals surface area contributed by atoms with Crippen molar-refractivity contribution in [2.24, 2.45) is 0 Å². The Hall–Kier alpha value is -4.57. The highest BCUT2D eigenvalue weighted by Gasteiger charge is 2.19. The molecule has 3 aromatic rings. The number of nitro benzene ring substituents is 1. The topological polar surface area (TPSA) is 129 Å². The van der Waals surface area contributed by atoms with E-state index in [0.717, 1.165) is 0 Å². The van der Waals surface area contributed by atoms with Crippen molar-refractivity contribution in [3.05, 3.63) is 92.6 Å². The number of carbonyl (C=O) groups is 2. The first kappa shape index (κ1) is 26.0. The molecular weight excluding hydrogens is 490 g/mol. The number of halogens is 1. The van der Waals surface area contributed by atoms with Gasteiger partial charge in [0.15, 0.2) is 11.5 Å². The third-order valence-corrected chi connectivity index (χ3v) is 5.17. The Bertz CT molecular complexity index is 1340. The SMILES string of the molecule is COc1ccc(NC(=O)/C(=C/c2cccc([N+](=O)[O-])c2)NC(=O)c2cc(Cl)ccc2OC)cc1OC. The number of methoxy groups -OCH3 is 3. The fourth-order valence-corrected chi connectivity index (χ4v) is 3.39. The Kier molecular flexibility index (Phi) is 8.48. The molecular formula is C25H22ClN3O7. The molecule has 0 atom stereocenters. The summed E-state index contributed by atoms with van der Waals surface area (Å²) in [6.45, 7) is 0. The van der Waals surface area contributed by atoms with Crippen LogP contribution < -0.4 is 24.8 Å². The van der Waals surface area contributed by atoms with Crippen molar-refractivity contribution in [3.8, 4) is 17.2 Å². The number of carbonyl (C=O) groups excluding carboxylic acids is 2. The molecule has 0 aliphatic heterocycles. The minimum atomic E-state index is -0.692. The first-order valence-electron chi connectivity index (χ1n) is 10.4. The average molecular weight is 512 g/mol. The van der Waals surface area contributed by atoms with Gasteiger partial charge in [-0.25, -0.2) is 0 Å².